The molecule has 0 aromatic heterocycles. The van der Waals surface area contributed by atoms with E-state index < -0.39 is 33.1 Å². The van der Waals surface area contributed by atoms with Gasteiger partial charge in [-0.2, -0.15) is 0 Å². The molecule has 1 amide bonds. The number of nitrogens with two attached hydrogens (primary N) is 1. The number of primary amides is 1. The van der Waals surface area contributed by atoms with Crippen molar-refractivity contribution < 1.29 is 22.9 Å². The van der Waals surface area contributed by atoms with Crippen LogP contribution >= 0.6 is 11.6 Å². The first-order chi connectivity index (χ1) is 12.2. The van der Waals surface area contributed by atoms with Crippen LogP contribution in [0.1, 0.15) is 0 Å². The highest BCUT2D eigenvalue weighted by atomic mass is 35.5. The van der Waals surface area contributed by atoms with E-state index in [1.54, 1.807) is 0 Å². The number of nitro groups is 1. The molecule has 11 heteroatoms. The second-order valence-electron chi connectivity index (χ2n) is 5.05. The summed E-state index contributed by atoms with van der Waals surface area (Å²) in [5.74, 6) is -0.800. The molecule has 2 aromatic rings. The van der Waals surface area contributed by atoms with Crippen LogP contribution in [0.15, 0.2) is 47.4 Å². The molecular weight excluding hydrogens is 386 g/mol. The molecule has 0 aliphatic carbocycles. The van der Waals surface area contributed by atoms with Crippen molar-refractivity contribution in [2.75, 3.05) is 18.0 Å². The summed E-state index contributed by atoms with van der Waals surface area (Å²) in [6.45, 7) is -0.707. The van der Waals surface area contributed by atoms with Gasteiger partial charge in [-0.25, -0.2) is 8.42 Å². The highest BCUT2D eigenvalue weighted by molar-refractivity contribution is 7.92. The van der Waals surface area contributed by atoms with E-state index in [4.69, 9.17) is 22.1 Å². The van der Waals surface area contributed by atoms with E-state index in [1.165, 1.54) is 37.4 Å². The Hall–Kier alpha value is -2.85. The Labute approximate surface area is 154 Å². The predicted octanol–water partition coefficient (Wildman–Crippen LogP) is 1.94. The summed E-state index contributed by atoms with van der Waals surface area (Å²) in [7, 11) is -3.05. The molecule has 138 valence electrons. The molecule has 0 radical (unpaired) electrons. The minimum Gasteiger partial charge on any atom is -0.495 e. The summed E-state index contributed by atoms with van der Waals surface area (Å²) >= 11 is 5.93. The fourth-order valence-electron chi connectivity index (χ4n) is 2.18. The van der Waals surface area contributed by atoms with Crippen molar-refractivity contribution in [3.05, 3.63) is 57.6 Å². The molecule has 0 fully saturated rings. The van der Waals surface area contributed by atoms with E-state index >= 15 is 0 Å². The van der Waals surface area contributed by atoms with Crippen molar-refractivity contribution in [2.45, 2.75) is 4.90 Å². The molecule has 0 bridgehead atoms. The Bertz CT molecular complexity index is 964. The Balaban J connectivity index is 2.67. The number of carbonyl (C=O) groups is 1. The number of ether oxygens (including phenoxy) is 1. The zero-order valence-corrected chi connectivity index (χ0v) is 15.0. The van der Waals surface area contributed by atoms with Gasteiger partial charge in [-0.1, -0.05) is 17.7 Å². The third-order valence-electron chi connectivity index (χ3n) is 3.33. The third kappa shape index (κ3) is 4.03. The van der Waals surface area contributed by atoms with Gasteiger partial charge in [0, 0.05) is 17.2 Å². The molecular formula is C15H14ClN3O6S. The summed E-state index contributed by atoms with van der Waals surface area (Å²) in [6, 6.07) is 8.63. The van der Waals surface area contributed by atoms with Crippen molar-refractivity contribution in [1.29, 1.82) is 0 Å². The van der Waals surface area contributed by atoms with Crippen LogP contribution < -0.4 is 14.8 Å². The summed E-state index contributed by atoms with van der Waals surface area (Å²) in [6.07, 6.45) is 0. The molecule has 0 saturated carbocycles. The Morgan fingerprint density at radius 1 is 1.31 bits per heavy atom. The van der Waals surface area contributed by atoms with Gasteiger partial charge in [0.25, 0.3) is 15.7 Å². The number of halogens is 1. The first-order valence-corrected chi connectivity index (χ1v) is 8.87. The quantitative estimate of drug-likeness (QED) is 0.558. The first kappa shape index (κ1) is 19.5. The molecule has 2 N–H and O–H groups in total. The topological polar surface area (TPSA) is 133 Å². The minimum atomic E-state index is -4.37. The number of nitro benzene ring substituents is 1. The standard InChI is InChI=1S/C15H14ClN3O6S/c1-25-14-6-5-10(16)7-13(14)18(9-15(17)20)26(23,24)12-4-2-3-11(8-12)19(21)22/h2-8H,9H2,1H3,(H2,17,20). The molecule has 0 atom stereocenters. The van der Waals surface area contributed by atoms with Crippen LogP contribution in [-0.2, 0) is 14.8 Å². The van der Waals surface area contributed by atoms with Crippen molar-refractivity contribution in [1.82, 2.24) is 0 Å². The van der Waals surface area contributed by atoms with Crippen molar-refractivity contribution in [2.24, 2.45) is 5.73 Å². The van der Waals surface area contributed by atoms with Crippen LogP contribution in [0.2, 0.25) is 5.02 Å². The van der Waals surface area contributed by atoms with Gasteiger partial charge in [0.05, 0.1) is 22.6 Å². The number of hydrogen-bond acceptors (Lipinski definition) is 6. The lowest BCUT2D eigenvalue weighted by Crippen LogP contribution is -2.38. The SMILES string of the molecule is COc1ccc(Cl)cc1N(CC(N)=O)S(=O)(=O)c1cccc([N+](=O)[O-])c1. The third-order valence-corrected chi connectivity index (χ3v) is 5.32. The molecule has 0 heterocycles. The number of anilines is 1. The van der Waals surface area contributed by atoms with Gasteiger partial charge < -0.3 is 10.5 Å². The summed E-state index contributed by atoms with van der Waals surface area (Å²) < 4.78 is 31.9. The highest BCUT2D eigenvalue weighted by Crippen LogP contribution is 2.35. The highest BCUT2D eigenvalue weighted by Gasteiger charge is 2.30. The fraction of sp³-hybridized carbons (Fsp3) is 0.133. The van der Waals surface area contributed by atoms with Gasteiger partial charge in [-0.15, -0.1) is 0 Å². The van der Waals surface area contributed by atoms with Crippen LogP contribution in [-0.4, -0.2) is 32.9 Å². The van der Waals surface area contributed by atoms with Gasteiger partial charge >= 0.3 is 0 Å². The minimum absolute atomic E-state index is 0.0229. The average molecular weight is 400 g/mol. The summed E-state index contributed by atoms with van der Waals surface area (Å²) in [5.41, 5.74) is 4.75. The Morgan fingerprint density at radius 2 is 2.00 bits per heavy atom. The monoisotopic (exact) mass is 399 g/mol. The smallest absolute Gasteiger partial charge is 0.270 e. The lowest BCUT2D eigenvalue weighted by molar-refractivity contribution is -0.385. The van der Waals surface area contributed by atoms with Crippen molar-refractivity contribution in [3.8, 4) is 5.75 Å². The molecule has 26 heavy (non-hydrogen) atoms. The van der Waals surface area contributed by atoms with E-state index in [9.17, 15) is 23.3 Å². The van der Waals surface area contributed by atoms with Gasteiger partial charge in [0.1, 0.15) is 12.3 Å². The molecule has 9 nitrogen and oxygen atoms in total. The summed E-state index contributed by atoms with van der Waals surface area (Å²) in [5, 5.41) is 11.1. The van der Waals surface area contributed by atoms with E-state index in [2.05, 4.69) is 0 Å². The normalized spacial score (nSPS) is 11.0. The van der Waals surface area contributed by atoms with E-state index in [0.717, 1.165) is 12.1 Å². The Morgan fingerprint density at radius 3 is 2.58 bits per heavy atom. The number of carbonyl (C=O) groups excluding carboxylic acids is 1. The van der Waals surface area contributed by atoms with Gasteiger partial charge in [0.15, 0.2) is 0 Å². The van der Waals surface area contributed by atoms with Crippen LogP contribution in [0, 0.1) is 10.1 Å². The molecule has 0 unspecified atom stereocenters. The number of nitrogens with zero attached hydrogens (tertiary/aromatic N) is 2. The molecule has 0 spiro atoms. The lowest BCUT2D eigenvalue weighted by atomic mass is 10.3. The maximum atomic E-state index is 13.0. The zero-order valence-electron chi connectivity index (χ0n) is 13.5. The number of benzene rings is 2. The van der Waals surface area contributed by atoms with Crippen molar-refractivity contribution >= 4 is 38.9 Å². The number of hydrogen-bond donors (Lipinski definition) is 1. The summed E-state index contributed by atoms with van der Waals surface area (Å²) in [4.78, 5) is 21.3. The average Bonchev–Trinajstić information content (AvgIpc) is 2.59. The van der Waals surface area contributed by atoms with Gasteiger partial charge in [-0.3, -0.25) is 19.2 Å². The van der Waals surface area contributed by atoms with Crippen LogP contribution in [0.5, 0.6) is 5.75 Å². The second kappa shape index (κ2) is 7.58. The maximum absolute atomic E-state index is 13.0. The fourth-order valence-corrected chi connectivity index (χ4v) is 3.82. The van der Waals surface area contributed by atoms with E-state index in [1.807, 2.05) is 0 Å². The molecule has 0 saturated heterocycles. The van der Waals surface area contributed by atoms with Crippen LogP contribution in [0.4, 0.5) is 11.4 Å². The molecule has 2 aromatic carbocycles. The predicted molar refractivity (Wildman–Crippen MR) is 94.8 cm³/mol. The molecule has 0 aliphatic rings. The van der Waals surface area contributed by atoms with Crippen molar-refractivity contribution in [3.63, 3.8) is 0 Å². The van der Waals surface area contributed by atoms with Gasteiger partial charge in [0.2, 0.25) is 5.91 Å². The number of methoxy groups -OCH3 is 1. The lowest BCUT2D eigenvalue weighted by Gasteiger charge is -2.25. The Kier molecular flexibility index (Phi) is 5.68. The maximum Gasteiger partial charge on any atom is 0.270 e. The number of non-ortho nitro benzene ring substituents is 1. The van der Waals surface area contributed by atoms with E-state index in [0.29, 0.717) is 4.31 Å². The van der Waals surface area contributed by atoms with Crippen LogP contribution in [0.3, 0.4) is 0 Å². The van der Waals surface area contributed by atoms with Gasteiger partial charge in [-0.05, 0) is 24.3 Å². The molecule has 2 rings (SSSR count). The number of rotatable bonds is 7. The number of amides is 1. The number of sulfonamides is 1. The van der Waals surface area contributed by atoms with Crippen LogP contribution in [0.25, 0.3) is 0 Å². The van der Waals surface area contributed by atoms with E-state index in [-0.39, 0.29) is 21.4 Å². The zero-order chi connectivity index (χ0) is 19.5. The second-order valence-corrected chi connectivity index (χ2v) is 7.35. The largest absolute Gasteiger partial charge is 0.495 e. The molecule has 0 aliphatic heterocycles. The first-order valence-electron chi connectivity index (χ1n) is 7.06.